The predicted octanol–water partition coefficient (Wildman–Crippen LogP) is 0.543. The van der Waals surface area contributed by atoms with Gasteiger partial charge in [0.2, 0.25) is 0 Å². The van der Waals surface area contributed by atoms with Crippen LogP contribution in [0.5, 0.6) is 5.75 Å². The number of nitrogens with two attached hydrogens (primary N) is 1. The molecule has 0 spiro atoms. The Morgan fingerprint density at radius 2 is 2.19 bits per heavy atom. The Hall–Kier alpha value is -1.76. The molecule has 1 aromatic carbocycles. The molecule has 0 saturated heterocycles. The van der Waals surface area contributed by atoms with Crippen LogP contribution in [0.2, 0.25) is 0 Å². The predicted molar refractivity (Wildman–Crippen MR) is 67.5 cm³/mol. The Morgan fingerprint density at radius 3 is 2.76 bits per heavy atom. The number of fused-ring (bicyclic) bond motifs is 1. The van der Waals surface area contributed by atoms with Crippen molar-refractivity contribution in [3.8, 4) is 11.8 Å². The van der Waals surface area contributed by atoms with E-state index in [1.807, 2.05) is 0 Å². The second-order valence-corrected chi connectivity index (χ2v) is 4.99. The standard InChI is InChI=1S/C12H12BF3N2O3/c1-11(18,5-17)6-20-8-3-2-7-4-21-13(19)10(7)9(8)12(14,15)16/h2-3,19H,4,6,18H2,1H3/t11-/m1/s1. The van der Waals surface area contributed by atoms with Crippen molar-refractivity contribution in [2.24, 2.45) is 5.73 Å². The first-order valence-electron chi connectivity index (χ1n) is 6.01. The lowest BCUT2D eigenvalue weighted by Gasteiger charge is -2.21. The summed E-state index contributed by atoms with van der Waals surface area (Å²) >= 11 is 0. The molecule has 3 N–H and O–H groups in total. The molecule has 2 rings (SSSR count). The van der Waals surface area contributed by atoms with E-state index >= 15 is 0 Å². The number of rotatable bonds is 3. The fourth-order valence-corrected chi connectivity index (χ4v) is 1.98. The van der Waals surface area contributed by atoms with Crippen molar-refractivity contribution >= 4 is 12.6 Å². The van der Waals surface area contributed by atoms with E-state index in [9.17, 15) is 18.2 Å². The van der Waals surface area contributed by atoms with Crippen molar-refractivity contribution in [1.82, 2.24) is 0 Å². The van der Waals surface area contributed by atoms with E-state index in [-0.39, 0.29) is 17.6 Å². The van der Waals surface area contributed by atoms with E-state index < -0.39 is 36.8 Å². The van der Waals surface area contributed by atoms with Crippen LogP contribution < -0.4 is 15.9 Å². The fraction of sp³-hybridized carbons (Fsp3) is 0.417. The third-order valence-electron chi connectivity index (χ3n) is 3.01. The molecular weight excluding hydrogens is 288 g/mol. The molecule has 0 aliphatic carbocycles. The van der Waals surface area contributed by atoms with Gasteiger partial charge in [0.15, 0.2) is 0 Å². The van der Waals surface area contributed by atoms with Gasteiger partial charge in [-0.15, -0.1) is 0 Å². The third-order valence-corrected chi connectivity index (χ3v) is 3.01. The summed E-state index contributed by atoms with van der Waals surface area (Å²) in [5, 5.41) is 18.3. The van der Waals surface area contributed by atoms with Gasteiger partial charge >= 0.3 is 13.3 Å². The maximum absolute atomic E-state index is 13.2. The van der Waals surface area contributed by atoms with E-state index in [2.05, 4.69) is 0 Å². The van der Waals surface area contributed by atoms with Gasteiger partial charge in [0, 0.05) is 5.46 Å². The molecule has 0 unspecified atom stereocenters. The quantitative estimate of drug-likeness (QED) is 0.796. The minimum Gasteiger partial charge on any atom is -0.490 e. The highest BCUT2D eigenvalue weighted by Gasteiger charge is 2.44. The van der Waals surface area contributed by atoms with Crippen LogP contribution in [0.3, 0.4) is 0 Å². The molecule has 1 aromatic rings. The smallest absolute Gasteiger partial charge is 0.490 e. The molecule has 0 radical (unpaired) electrons. The molecule has 1 atom stereocenters. The average molecular weight is 300 g/mol. The summed E-state index contributed by atoms with van der Waals surface area (Å²) in [6.45, 7) is 0.820. The molecular formula is C12H12BF3N2O3. The first kappa shape index (κ1) is 15.6. The Labute approximate surface area is 119 Å². The summed E-state index contributed by atoms with van der Waals surface area (Å²) in [5.41, 5.74) is 2.90. The zero-order valence-corrected chi connectivity index (χ0v) is 11.1. The number of ether oxygens (including phenoxy) is 1. The second kappa shape index (κ2) is 5.22. The van der Waals surface area contributed by atoms with Gasteiger partial charge < -0.3 is 20.1 Å². The van der Waals surface area contributed by atoms with Gasteiger partial charge in [0.05, 0.1) is 18.2 Å². The van der Waals surface area contributed by atoms with Crippen LogP contribution in [0.4, 0.5) is 13.2 Å². The fourth-order valence-electron chi connectivity index (χ4n) is 1.98. The average Bonchev–Trinajstić information content (AvgIpc) is 2.76. The number of hydrogen-bond acceptors (Lipinski definition) is 5. The van der Waals surface area contributed by atoms with Crippen LogP contribution in [0.15, 0.2) is 12.1 Å². The molecule has 0 saturated carbocycles. The Bertz CT molecular complexity index is 599. The monoisotopic (exact) mass is 300 g/mol. The highest BCUT2D eigenvalue weighted by atomic mass is 19.4. The first-order chi connectivity index (χ1) is 9.65. The van der Waals surface area contributed by atoms with Crippen LogP contribution in [0, 0.1) is 11.3 Å². The lowest BCUT2D eigenvalue weighted by Crippen LogP contribution is -2.41. The largest absolute Gasteiger partial charge is 0.492 e. The van der Waals surface area contributed by atoms with Crippen molar-refractivity contribution in [1.29, 1.82) is 5.26 Å². The van der Waals surface area contributed by atoms with Crippen LogP contribution in [-0.2, 0) is 17.4 Å². The highest BCUT2D eigenvalue weighted by molar-refractivity contribution is 6.62. The van der Waals surface area contributed by atoms with Gasteiger partial charge in [0.1, 0.15) is 17.9 Å². The lowest BCUT2D eigenvalue weighted by atomic mass is 9.75. The Morgan fingerprint density at radius 1 is 1.52 bits per heavy atom. The first-order valence-corrected chi connectivity index (χ1v) is 6.01. The topological polar surface area (TPSA) is 88.5 Å². The van der Waals surface area contributed by atoms with E-state index in [0.29, 0.717) is 0 Å². The summed E-state index contributed by atoms with van der Waals surface area (Å²) in [4.78, 5) is 0. The molecule has 1 aliphatic heterocycles. The Kier molecular flexibility index (Phi) is 3.88. The minimum absolute atomic E-state index is 0.105. The van der Waals surface area contributed by atoms with Crippen molar-refractivity contribution in [2.75, 3.05) is 6.61 Å². The van der Waals surface area contributed by atoms with Crippen LogP contribution in [0.1, 0.15) is 18.1 Å². The van der Waals surface area contributed by atoms with E-state index in [0.717, 1.165) is 6.07 Å². The number of halogens is 3. The van der Waals surface area contributed by atoms with Crippen LogP contribution >= 0.6 is 0 Å². The summed E-state index contributed by atoms with van der Waals surface area (Å²) in [6, 6.07) is 4.25. The van der Waals surface area contributed by atoms with E-state index in [1.54, 1.807) is 6.07 Å². The number of alkyl halides is 3. The second-order valence-electron chi connectivity index (χ2n) is 4.99. The number of hydrogen-bond donors (Lipinski definition) is 2. The molecule has 9 heteroatoms. The van der Waals surface area contributed by atoms with Crippen molar-refractivity contribution in [2.45, 2.75) is 25.2 Å². The lowest BCUT2D eigenvalue weighted by molar-refractivity contribution is -0.138. The molecule has 112 valence electrons. The SMILES string of the molecule is C[C@@](N)(C#N)COc1ccc2c(c1C(F)(F)F)B(O)OC2. The molecule has 0 bridgehead atoms. The zero-order chi connectivity index (χ0) is 15.8. The molecule has 0 amide bonds. The molecule has 1 aliphatic rings. The summed E-state index contributed by atoms with van der Waals surface area (Å²) < 4.78 is 49.6. The molecule has 0 fully saturated rings. The van der Waals surface area contributed by atoms with Crippen LogP contribution in [-0.4, -0.2) is 24.3 Å². The molecule has 1 heterocycles. The van der Waals surface area contributed by atoms with Gasteiger partial charge in [-0.05, 0) is 18.6 Å². The zero-order valence-electron chi connectivity index (χ0n) is 11.1. The van der Waals surface area contributed by atoms with E-state index in [4.69, 9.17) is 20.4 Å². The summed E-state index contributed by atoms with van der Waals surface area (Å²) in [7, 11) is -1.65. The third kappa shape index (κ3) is 3.13. The van der Waals surface area contributed by atoms with Gasteiger partial charge in [-0.3, -0.25) is 0 Å². The molecule has 21 heavy (non-hydrogen) atoms. The molecule has 0 aromatic heterocycles. The number of nitrogens with zero attached hydrogens (tertiary/aromatic N) is 1. The summed E-state index contributed by atoms with van der Waals surface area (Å²) in [6.07, 6.45) is -4.73. The van der Waals surface area contributed by atoms with Crippen molar-refractivity contribution in [3.63, 3.8) is 0 Å². The Balaban J connectivity index is 2.43. The molecule has 5 nitrogen and oxygen atoms in total. The minimum atomic E-state index is -4.73. The maximum Gasteiger partial charge on any atom is 0.492 e. The maximum atomic E-state index is 13.2. The summed E-state index contributed by atoms with van der Waals surface area (Å²) in [5.74, 6) is -0.488. The number of nitriles is 1. The van der Waals surface area contributed by atoms with Gasteiger partial charge in [-0.25, -0.2) is 0 Å². The van der Waals surface area contributed by atoms with Gasteiger partial charge in [-0.1, -0.05) is 6.07 Å². The normalized spacial score (nSPS) is 17.1. The number of benzene rings is 1. The van der Waals surface area contributed by atoms with E-state index in [1.165, 1.54) is 13.0 Å². The van der Waals surface area contributed by atoms with Crippen molar-refractivity contribution in [3.05, 3.63) is 23.3 Å². The highest BCUT2D eigenvalue weighted by Crippen LogP contribution is 2.37. The van der Waals surface area contributed by atoms with Crippen LogP contribution in [0.25, 0.3) is 0 Å². The van der Waals surface area contributed by atoms with Gasteiger partial charge in [-0.2, -0.15) is 18.4 Å². The van der Waals surface area contributed by atoms with Gasteiger partial charge in [0.25, 0.3) is 0 Å². The van der Waals surface area contributed by atoms with Crippen molar-refractivity contribution < 1.29 is 27.6 Å².